The summed E-state index contributed by atoms with van der Waals surface area (Å²) in [6.45, 7) is 0. The van der Waals surface area contributed by atoms with Gasteiger partial charge >= 0.3 is 0 Å². The zero-order chi connectivity index (χ0) is 22.8. The van der Waals surface area contributed by atoms with Crippen LogP contribution < -0.4 is 21.3 Å². The summed E-state index contributed by atoms with van der Waals surface area (Å²) in [7, 11) is 3.80. The second-order valence-electron chi connectivity index (χ2n) is 8.63. The Morgan fingerprint density at radius 3 is 1.85 bits per heavy atom. The molecule has 1 fully saturated rings. The standard InChI is InChI=1S/C26H29ClN6/c1-28-25-14-23(19-5-3-4-6-21(19)32-25)30-17-8-10-18(11-9-17)31-24-15-26(29-2)33-22-13-16(27)7-12-20(22)24/h3-7,12-15,17-18H,8-11H2,1-2H3,(H2,28,30,32)(H2,29,31,33). The fraction of sp³-hybridized carbons (Fsp3) is 0.308. The Balaban J connectivity index is 1.29. The number of halogens is 1. The van der Waals surface area contributed by atoms with Crippen molar-refractivity contribution in [3.05, 3.63) is 59.6 Å². The highest BCUT2D eigenvalue weighted by atomic mass is 35.5. The number of pyridine rings is 2. The van der Waals surface area contributed by atoms with E-state index in [2.05, 4.69) is 61.6 Å². The molecule has 0 atom stereocenters. The number of rotatable bonds is 6. The summed E-state index contributed by atoms with van der Waals surface area (Å²) < 4.78 is 0. The molecule has 6 nitrogen and oxygen atoms in total. The van der Waals surface area contributed by atoms with Gasteiger partial charge in [-0.15, -0.1) is 0 Å². The molecular weight excluding hydrogens is 432 g/mol. The van der Waals surface area contributed by atoms with E-state index in [1.807, 2.05) is 38.4 Å². The van der Waals surface area contributed by atoms with Gasteiger partial charge in [0.2, 0.25) is 0 Å². The quantitative estimate of drug-likeness (QED) is 0.268. The molecule has 0 saturated heterocycles. The van der Waals surface area contributed by atoms with Gasteiger partial charge < -0.3 is 21.3 Å². The first kappa shape index (κ1) is 21.6. The Morgan fingerprint density at radius 1 is 0.697 bits per heavy atom. The highest BCUT2D eigenvalue weighted by Crippen LogP contribution is 2.32. The first-order valence-electron chi connectivity index (χ1n) is 11.5. The smallest absolute Gasteiger partial charge is 0.128 e. The van der Waals surface area contributed by atoms with Crippen molar-refractivity contribution in [1.29, 1.82) is 0 Å². The molecule has 1 saturated carbocycles. The number of nitrogens with one attached hydrogen (secondary N) is 4. The van der Waals surface area contributed by atoms with Crippen LogP contribution >= 0.6 is 11.6 Å². The summed E-state index contributed by atoms with van der Waals surface area (Å²) in [6.07, 6.45) is 4.42. The second kappa shape index (κ2) is 9.32. The predicted molar refractivity (Wildman–Crippen MR) is 141 cm³/mol. The number of benzene rings is 2. The van der Waals surface area contributed by atoms with E-state index in [0.717, 1.165) is 65.1 Å². The molecule has 0 amide bonds. The van der Waals surface area contributed by atoms with Gasteiger partial charge in [0, 0.05) is 65.5 Å². The summed E-state index contributed by atoms with van der Waals surface area (Å²) in [5.74, 6) is 1.73. The number of hydrogen-bond donors (Lipinski definition) is 4. The molecular formula is C26H29ClN6. The molecule has 2 heterocycles. The van der Waals surface area contributed by atoms with Gasteiger partial charge in [-0.05, 0) is 49.9 Å². The Morgan fingerprint density at radius 2 is 1.24 bits per heavy atom. The summed E-state index contributed by atoms with van der Waals surface area (Å²) >= 11 is 6.20. The third-order valence-electron chi connectivity index (χ3n) is 6.45. The topological polar surface area (TPSA) is 73.9 Å². The first-order chi connectivity index (χ1) is 16.1. The van der Waals surface area contributed by atoms with Gasteiger partial charge in [0.15, 0.2) is 0 Å². The fourth-order valence-electron chi connectivity index (χ4n) is 4.69. The van der Waals surface area contributed by atoms with E-state index in [4.69, 9.17) is 11.6 Å². The van der Waals surface area contributed by atoms with Gasteiger partial charge in [0.05, 0.1) is 11.0 Å². The van der Waals surface area contributed by atoms with Crippen LogP contribution in [0.4, 0.5) is 23.0 Å². The molecule has 0 radical (unpaired) electrons. The van der Waals surface area contributed by atoms with Gasteiger partial charge in [-0.3, -0.25) is 0 Å². The van der Waals surface area contributed by atoms with Crippen molar-refractivity contribution in [3.63, 3.8) is 0 Å². The average Bonchev–Trinajstić information content (AvgIpc) is 2.84. The third-order valence-corrected chi connectivity index (χ3v) is 6.68. The molecule has 0 aliphatic heterocycles. The lowest BCUT2D eigenvalue weighted by Gasteiger charge is -2.31. The van der Waals surface area contributed by atoms with Crippen molar-refractivity contribution >= 4 is 56.4 Å². The minimum Gasteiger partial charge on any atom is -0.382 e. The maximum absolute atomic E-state index is 6.20. The molecule has 2 aromatic carbocycles. The average molecular weight is 461 g/mol. The lowest BCUT2D eigenvalue weighted by atomic mass is 9.90. The van der Waals surface area contributed by atoms with Crippen LogP contribution in [0.1, 0.15) is 25.7 Å². The van der Waals surface area contributed by atoms with Gasteiger partial charge in [-0.1, -0.05) is 29.8 Å². The number of fused-ring (bicyclic) bond motifs is 2. The van der Waals surface area contributed by atoms with Crippen LogP contribution in [0.2, 0.25) is 5.02 Å². The molecule has 0 unspecified atom stereocenters. The number of para-hydroxylation sites is 1. The summed E-state index contributed by atoms with van der Waals surface area (Å²) in [5, 5.41) is 16.9. The largest absolute Gasteiger partial charge is 0.382 e. The van der Waals surface area contributed by atoms with Crippen molar-refractivity contribution in [2.24, 2.45) is 0 Å². The van der Waals surface area contributed by atoms with Crippen molar-refractivity contribution < 1.29 is 0 Å². The molecule has 33 heavy (non-hydrogen) atoms. The minimum absolute atomic E-state index is 0.427. The van der Waals surface area contributed by atoms with Gasteiger partial charge in [-0.2, -0.15) is 0 Å². The van der Waals surface area contributed by atoms with Gasteiger partial charge in [0.25, 0.3) is 0 Å². The molecule has 7 heteroatoms. The van der Waals surface area contributed by atoms with Crippen LogP contribution in [-0.4, -0.2) is 36.1 Å². The van der Waals surface area contributed by atoms with Crippen LogP contribution in [0.3, 0.4) is 0 Å². The fourth-order valence-corrected chi connectivity index (χ4v) is 4.86. The molecule has 0 bridgehead atoms. The molecule has 5 rings (SSSR count). The van der Waals surface area contributed by atoms with Crippen molar-refractivity contribution in [2.75, 3.05) is 35.4 Å². The molecule has 4 aromatic rings. The molecule has 1 aliphatic rings. The second-order valence-corrected chi connectivity index (χ2v) is 9.06. The maximum atomic E-state index is 6.20. The van der Waals surface area contributed by atoms with E-state index in [-0.39, 0.29) is 0 Å². The maximum Gasteiger partial charge on any atom is 0.128 e. The third kappa shape index (κ3) is 4.62. The van der Waals surface area contributed by atoms with Crippen LogP contribution in [0.15, 0.2) is 54.6 Å². The zero-order valence-corrected chi connectivity index (χ0v) is 19.7. The highest BCUT2D eigenvalue weighted by Gasteiger charge is 2.22. The number of hydrogen-bond acceptors (Lipinski definition) is 6. The predicted octanol–water partition coefficient (Wildman–Crippen LogP) is 6.36. The van der Waals surface area contributed by atoms with Gasteiger partial charge in [0.1, 0.15) is 11.6 Å². The van der Waals surface area contributed by atoms with Crippen molar-refractivity contribution in [3.8, 4) is 0 Å². The Labute approximate surface area is 199 Å². The summed E-state index contributed by atoms with van der Waals surface area (Å²) in [4.78, 5) is 9.32. The lowest BCUT2D eigenvalue weighted by Crippen LogP contribution is -2.32. The van der Waals surface area contributed by atoms with E-state index in [1.165, 1.54) is 5.39 Å². The molecule has 0 spiro atoms. The van der Waals surface area contributed by atoms with E-state index in [9.17, 15) is 0 Å². The summed E-state index contributed by atoms with van der Waals surface area (Å²) in [5.41, 5.74) is 4.16. The van der Waals surface area contributed by atoms with E-state index in [1.54, 1.807) is 0 Å². The Kier molecular flexibility index (Phi) is 6.09. The Hall–Kier alpha value is -3.25. The first-order valence-corrected chi connectivity index (χ1v) is 11.9. The zero-order valence-electron chi connectivity index (χ0n) is 19.0. The van der Waals surface area contributed by atoms with Crippen LogP contribution in [-0.2, 0) is 0 Å². The highest BCUT2D eigenvalue weighted by molar-refractivity contribution is 6.31. The Bertz CT molecular complexity index is 1280. The van der Waals surface area contributed by atoms with Crippen LogP contribution in [0, 0.1) is 0 Å². The van der Waals surface area contributed by atoms with Crippen LogP contribution in [0.25, 0.3) is 21.8 Å². The van der Waals surface area contributed by atoms with Crippen molar-refractivity contribution in [2.45, 2.75) is 37.8 Å². The normalized spacial score (nSPS) is 18.3. The monoisotopic (exact) mass is 460 g/mol. The van der Waals surface area contributed by atoms with Crippen LogP contribution in [0.5, 0.6) is 0 Å². The summed E-state index contributed by atoms with van der Waals surface area (Å²) in [6, 6.07) is 19.3. The number of nitrogens with zero attached hydrogens (tertiary/aromatic N) is 2. The van der Waals surface area contributed by atoms with E-state index >= 15 is 0 Å². The van der Waals surface area contributed by atoms with E-state index < -0.39 is 0 Å². The lowest BCUT2D eigenvalue weighted by molar-refractivity contribution is 0.429. The molecule has 1 aliphatic carbocycles. The SMILES string of the molecule is CNc1cc(NC2CCC(Nc3cc(NC)nc4cc(Cl)ccc34)CC2)c2ccccc2n1. The molecule has 2 aromatic heterocycles. The molecule has 4 N–H and O–H groups in total. The minimum atomic E-state index is 0.427. The number of anilines is 4. The van der Waals surface area contributed by atoms with E-state index in [0.29, 0.717) is 17.1 Å². The number of aromatic nitrogens is 2. The van der Waals surface area contributed by atoms with Crippen molar-refractivity contribution in [1.82, 2.24) is 9.97 Å². The van der Waals surface area contributed by atoms with Gasteiger partial charge in [-0.25, -0.2) is 9.97 Å². The molecule has 170 valence electrons.